The first-order valence-electron chi connectivity index (χ1n) is 4.30. The van der Waals surface area contributed by atoms with Crippen LogP contribution in [0.2, 0.25) is 0 Å². The van der Waals surface area contributed by atoms with Gasteiger partial charge in [0.05, 0.1) is 6.61 Å². The molecule has 1 rings (SSSR count). The van der Waals surface area contributed by atoms with Crippen LogP contribution in [-0.2, 0) is 9.53 Å². The van der Waals surface area contributed by atoms with E-state index in [1.54, 1.807) is 19.1 Å². The molecule has 0 aliphatic carbocycles. The first-order chi connectivity index (χ1) is 6.72. The molecule has 4 nitrogen and oxygen atoms in total. The van der Waals surface area contributed by atoms with Crippen LogP contribution in [0, 0.1) is 0 Å². The highest BCUT2D eigenvalue weighted by atomic mass is 16.6. The van der Waals surface area contributed by atoms with Crippen LogP contribution in [0.25, 0.3) is 0 Å². The Hall–Kier alpha value is -1.71. The minimum atomic E-state index is -0.402. The molecule has 0 spiro atoms. The number of hydrogen-bond donors (Lipinski definition) is 1. The first-order valence-corrected chi connectivity index (χ1v) is 4.30. The standard InChI is InChI=1S/C10H12O4/c1-2-13-10(12)7-14-9-5-3-8(11)4-6-9/h3-6,11H,2,7H2,1H3. The number of carbonyl (C=O) groups is 1. The Labute approximate surface area is 82.1 Å². The Morgan fingerprint density at radius 3 is 2.57 bits per heavy atom. The summed E-state index contributed by atoms with van der Waals surface area (Å²) < 4.78 is 9.76. The molecule has 0 heterocycles. The molecule has 0 aliphatic heterocycles. The summed E-state index contributed by atoms with van der Waals surface area (Å²) >= 11 is 0. The molecule has 0 aliphatic rings. The zero-order chi connectivity index (χ0) is 10.4. The Morgan fingerprint density at radius 1 is 1.36 bits per heavy atom. The molecule has 0 unspecified atom stereocenters. The molecule has 0 fully saturated rings. The van der Waals surface area contributed by atoms with Crippen molar-refractivity contribution in [1.29, 1.82) is 0 Å². The van der Waals surface area contributed by atoms with Crippen molar-refractivity contribution in [2.75, 3.05) is 13.2 Å². The summed E-state index contributed by atoms with van der Waals surface area (Å²) in [6, 6.07) is 6.13. The average Bonchev–Trinajstić information content (AvgIpc) is 2.17. The third-order valence-electron chi connectivity index (χ3n) is 1.50. The third-order valence-corrected chi connectivity index (χ3v) is 1.50. The number of esters is 1. The molecule has 0 aromatic heterocycles. The van der Waals surface area contributed by atoms with Gasteiger partial charge in [0.25, 0.3) is 0 Å². The van der Waals surface area contributed by atoms with E-state index in [9.17, 15) is 4.79 Å². The zero-order valence-corrected chi connectivity index (χ0v) is 7.90. The van der Waals surface area contributed by atoms with Gasteiger partial charge in [0.2, 0.25) is 0 Å². The maximum atomic E-state index is 10.9. The molecule has 14 heavy (non-hydrogen) atoms. The van der Waals surface area contributed by atoms with E-state index in [1.807, 2.05) is 0 Å². The van der Waals surface area contributed by atoms with Crippen molar-refractivity contribution < 1.29 is 19.4 Å². The van der Waals surface area contributed by atoms with Crippen molar-refractivity contribution in [3.05, 3.63) is 24.3 Å². The number of carbonyl (C=O) groups excluding carboxylic acids is 1. The molecule has 0 amide bonds. The number of benzene rings is 1. The number of ether oxygens (including phenoxy) is 2. The quantitative estimate of drug-likeness (QED) is 0.738. The summed E-state index contributed by atoms with van der Waals surface area (Å²) in [5.41, 5.74) is 0. The van der Waals surface area contributed by atoms with E-state index < -0.39 is 5.97 Å². The van der Waals surface area contributed by atoms with Crippen LogP contribution in [0.5, 0.6) is 11.5 Å². The summed E-state index contributed by atoms with van der Waals surface area (Å²) in [5.74, 6) is 0.282. The fourth-order valence-corrected chi connectivity index (χ4v) is 0.887. The van der Waals surface area contributed by atoms with Crippen molar-refractivity contribution in [3.63, 3.8) is 0 Å². The summed E-state index contributed by atoms with van der Waals surface area (Å²) in [6.07, 6.45) is 0. The monoisotopic (exact) mass is 196 g/mol. The average molecular weight is 196 g/mol. The molecule has 0 atom stereocenters. The topological polar surface area (TPSA) is 55.8 Å². The second-order valence-corrected chi connectivity index (χ2v) is 2.59. The molecule has 76 valence electrons. The summed E-state index contributed by atoms with van der Waals surface area (Å²) in [7, 11) is 0. The van der Waals surface area contributed by atoms with Gasteiger partial charge in [-0.05, 0) is 31.2 Å². The fourth-order valence-electron chi connectivity index (χ4n) is 0.887. The molecule has 0 radical (unpaired) electrons. The van der Waals surface area contributed by atoms with E-state index in [0.717, 1.165) is 0 Å². The van der Waals surface area contributed by atoms with Gasteiger partial charge in [-0.3, -0.25) is 0 Å². The zero-order valence-electron chi connectivity index (χ0n) is 7.90. The predicted octanol–water partition coefficient (Wildman–Crippen LogP) is 1.33. The van der Waals surface area contributed by atoms with Crippen molar-refractivity contribution in [1.82, 2.24) is 0 Å². The number of hydrogen-bond acceptors (Lipinski definition) is 4. The number of phenolic OH excluding ortho intramolecular Hbond substituents is 1. The van der Waals surface area contributed by atoms with Crippen LogP contribution in [-0.4, -0.2) is 24.3 Å². The van der Waals surface area contributed by atoms with Gasteiger partial charge in [-0.15, -0.1) is 0 Å². The van der Waals surface area contributed by atoms with Crippen LogP contribution in [0.4, 0.5) is 0 Å². The van der Waals surface area contributed by atoms with E-state index in [0.29, 0.717) is 12.4 Å². The van der Waals surface area contributed by atoms with E-state index in [4.69, 9.17) is 9.84 Å². The summed E-state index contributed by atoms with van der Waals surface area (Å²) in [4.78, 5) is 10.9. The van der Waals surface area contributed by atoms with E-state index >= 15 is 0 Å². The van der Waals surface area contributed by atoms with Crippen LogP contribution in [0.15, 0.2) is 24.3 Å². The molecule has 1 aromatic carbocycles. The van der Waals surface area contributed by atoms with Crippen molar-refractivity contribution >= 4 is 5.97 Å². The lowest BCUT2D eigenvalue weighted by Gasteiger charge is -2.05. The Kier molecular flexibility index (Phi) is 3.79. The Balaban J connectivity index is 2.38. The lowest BCUT2D eigenvalue weighted by molar-refractivity contribution is -0.145. The molecule has 1 aromatic rings. The maximum Gasteiger partial charge on any atom is 0.344 e. The van der Waals surface area contributed by atoms with Gasteiger partial charge in [-0.25, -0.2) is 4.79 Å². The van der Waals surface area contributed by atoms with Gasteiger partial charge in [-0.2, -0.15) is 0 Å². The van der Waals surface area contributed by atoms with Crippen LogP contribution in [0.1, 0.15) is 6.92 Å². The highest BCUT2D eigenvalue weighted by molar-refractivity contribution is 5.71. The van der Waals surface area contributed by atoms with Crippen molar-refractivity contribution in [3.8, 4) is 11.5 Å². The van der Waals surface area contributed by atoms with Gasteiger partial charge in [0.1, 0.15) is 11.5 Å². The number of aromatic hydroxyl groups is 1. The van der Waals surface area contributed by atoms with Gasteiger partial charge in [-0.1, -0.05) is 0 Å². The molecular formula is C10H12O4. The smallest absolute Gasteiger partial charge is 0.344 e. The highest BCUT2D eigenvalue weighted by Gasteiger charge is 2.02. The Morgan fingerprint density at radius 2 is 2.00 bits per heavy atom. The number of rotatable bonds is 4. The fraction of sp³-hybridized carbons (Fsp3) is 0.300. The predicted molar refractivity (Wildman–Crippen MR) is 50.2 cm³/mol. The van der Waals surface area contributed by atoms with Gasteiger partial charge >= 0.3 is 5.97 Å². The molecule has 1 N–H and O–H groups in total. The second kappa shape index (κ2) is 5.11. The normalized spacial score (nSPS) is 9.50. The highest BCUT2D eigenvalue weighted by Crippen LogP contribution is 2.15. The molecular weight excluding hydrogens is 184 g/mol. The van der Waals surface area contributed by atoms with Gasteiger partial charge in [0.15, 0.2) is 6.61 Å². The van der Waals surface area contributed by atoms with Gasteiger partial charge in [0, 0.05) is 0 Å². The molecule has 0 saturated heterocycles. The molecule has 4 heteroatoms. The van der Waals surface area contributed by atoms with E-state index in [1.165, 1.54) is 12.1 Å². The number of phenols is 1. The van der Waals surface area contributed by atoms with Crippen LogP contribution in [0.3, 0.4) is 0 Å². The minimum Gasteiger partial charge on any atom is -0.508 e. The molecule has 0 saturated carbocycles. The summed E-state index contributed by atoms with van der Waals surface area (Å²) in [6.45, 7) is 1.97. The largest absolute Gasteiger partial charge is 0.508 e. The lowest BCUT2D eigenvalue weighted by atomic mass is 10.3. The maximum absolute atomic E-state index is 10.9. The third kappa shape index (κ3) is 3.35. The van der Waals surface area contributed by atoms with Crippen molar-refractivity contribution in [2.24, 2.45) is 0 Å². The van der Waals surface area contributed by atoms with Crippen molar-refractivity contribution in [2.45, 2.75) is 6.92 Å². The lowest BCUT2D eigenvalue weighted by Crippen LogP contribution is -2.14. The van der Waals surface area contributed by atoms with Crippen LogP contribution >= 0.6 is 0 Å². The van der Waals surface area contributed by atoms with E-state index in [-0.39, 0.29) is 12.4 Å². The minimum absolute atomic E-state index is 0.112. The first kappa shape index (κ1) is 10.4. The molecule has 0 bridgehead atoms. The summed E-state index contributed by atoms with van der Waals surface area (Å²) in [5, 5.41) is 8.97. The second-order valence-electron chi connectivity index (χ2n) is 2.59. The van der Waals surface area contributed by atoms with Gasteiger partial charge < -0.3 is 14.6 Å². The SMILES string of the molecule is CCOC(=O)COc1ccc(O)cc1. The Bertz CT molecular complexity index is 291. The van der Waals surface area contributed by atoms with E-state index in [2.05, 4.69) is 4.74 Å². The van der Waals surface area contributed by atoms with Crippen LogP contribution < -0.4 is 4.74 Å².